The first-order chi connectivity index (χ1) is 27.0. The summed E-state index contributed by atoms with van der Waals surface area (Å²) in [5.41, 5.74) is 1.73. The van der Waals surface area contributed by atoms with E-state index in [1.54, 1.807) is 41.3 Å². The van der Waals surface area contributed by atoms with Crippen LogP contribution in [0.15, 0.2) is 36.0 Å². The van der Waals surface area contributed by atoms with Crippen LogP contribution >= 0.6 is 0 Å². The summed E-state index contributed by atoms with van der Waals surface area (Å²) in [6.07, 6.45) is 3.30. The van der Waals surface area contributed by atoms with Crippen molar-refractivity contribution in [2.45, 2.75) is 172 Å². The van der Waals surface area contributed by atoms with Crippen LogP contribution in [0, 0.1) is 29.6 Å². The van der Waals surface area contributed by atoms with Crippen LogP contribution in [0.2, 0.25) is 0 Å². The zero-order valence-electron chi connectivity index (χ0n) is 35.6. The third-order valence-corrected chi connectivity index (χ3v) is 13.2. The number of aliphatic hydroxyl groups excluding tert-OH is 4. The third-order valence-electron chi connectivity index (χ3n) is 13.2. The molecule has 0 aromatic rings. The molecule has 4 rings (SSSR count). The topological polar surface area (TPSA) is 185 Å². The van der Waals surface area contributed by atoms with E-state index in [1.807, 2.05) is 26.0 Å². The molecule has 0 aromatic carbocycles. The van der Waals surface area contributed by atoms with Crippen molar-refractivity contribution in [2.75, 3.05) is 27.9 Å². The average molecular weight is 808 g/mol. The number of fused-ring (bicyclic) bond motifs is 3. The van der Waals surface area contributed by atoms with Crippen molar-refractivity contribution in [3.05, 3.63) is 36.0 Å². The van der Waals surface area contributed by atoms with Gasteiger partial charge < -0.3 is 54.1 Å². The van der Waals surface area contributed by atoms with E-state index in [-0.39, 0.29) is 49.7 Å². The summed E-state index contributed by atoms with van der Waals surface area (Å²) in [6.45, 7) is 13.5. The summed E-state index contributed by atoms with van der Waals surface area (Å²) in [5.74, 6) is -5.47. The van der Waals surface area contributed by atoms with Gasteiger partial charge in [0.05, 0.1) is 36.6 Å². The Bertz CT molecular complexity index is 1390. The second-order valence-corrected chi connectivity index (χ2v) is 17.6. The van der Waals surface area contributed by atoms with Crippen LogP contribution in [-0.2, 0) is 33.3 Å². The van der Waals surface area contributed by atoms with Gasteiger partial charge >= 0.3 is 5.97 Å². The molecule has 16 atom stereocenters. The van der Waals surface area contributed by atoms with Gasteiger partial charge in [-0.1, -0.05) is 44.6 Å². The number of aliphatic hydroxyl groups is 5. The molecule has 1 amide bonds. The number of ether oxygens (including phenoxy) is 5. The average Bonchev–Trinajstić information content (AvgIpc) is 3.18. The Morgan fingerprint density at radius 2 is 1.58 bits per heavy atom. The predicted octanol–water partition coefficient (Wildman–Crippen LogP) is 4.22. The maximum absolute atomic E-state index is 14.4. The Labute approximate surface area is 340 Å². The Balaban J connectivity index is 1.77. The highest BCUT2D eigenvalue weighted by molar-refractivity contribution is 5.88. The van der Waals surface area contributed by atoms with E-state index in [0.717, 1.165) is 5.57 Å². The molecule has 2 saturated heterocycles. The number of hydrogen-bond donors (Lipinski definition) is 5. The summed E-state index contributed by atoms with van der Waals surface area (Å²) < 4.78 is 30.0. The van der Waals surface area contributed by atoms with Gasteiger partial charge in [0.1, 0.15) is 18.2 Å². The molecule has 1 aliphatic carbocycles. The molecule has 0 radical (unpaired) electrons. The van der Waals surface area contributed by atoms with Crippen LogP contribution in [-0.4, -0.2) is 137 Å². The zero-order chi connectivity index (χ0) is 42.2. The van der Waals surface area contributed by atoms with E-state index in [9.17, 15) is 35.1 Å². The monoisotopic (exact) mass is 808 g/mol. The maximum Gasteiger partial charge on any atom is 0.329 e. The quantitative estimate of drug-likeness (QED) is 0.183. The largest absolute Gasteiger partial charge is 0.456 e. The summed E-state index contributed by atoms with van der Waals surface area (Å²) in [7, 11) is 4.69. The number of esters is 1. The fraction of sp³-hybridized carbons (Fsp3) is 0.818. The van der Waals surface area contributed by atoms with Gasteiger partial charge in [-0.2, -0.15) is 0 Å². The number of methoxy groups -OCH3 is 3. The lowest BCUT2D eigenvalue weighted by Crippen LogP contribution is -2.66. The van der Waals surface area contributed by atoms with Crippen LogP contribution in [0.3, 0.4) is 0 Å². The number of hydrogen-bond acceptors (Lipinski definition) is 12. The summed E-state index contributed by atoms with van der Waals surface area (Å²) >= 11 is 0. The minimum absolute atomic E-state index is 0.0158. The number of amides is 1. The summed E-state index contributed by atoms with van der Waals surface area (Å²) in [4.78, 5) is 30.0. The van der Waals surface area contributed by atoms with Crippen molar-refractivity contribution >= 4 is 11.9 Å². The lowest BCUT2D eigenvalue weighted by molar-refractivity contribution is -0.346. The molecule has 1 saturated carbocycles. The molecule has 13 nitrogen and oxygen atoms in total. The second-order valence-electron chi connectivity index (χ2n) is 17.6. The van der Waals surface area contributed by atoms with E-state index >= 15 is 0 Å². The van der Waals surface area contributed by atoms with Gasteiger partial charge in [0.15, 0.2) is 6.10 Å². The SMILES string of the molecule is C=CCC1C=C(C)CC(C)CC(OC)C2OC(O)(C(C)CC2OC)C(O)C(=O)N2CCCCC2C(=O)OC(C(C)=CC2CCC(O)C(OC)C2)C(C)C(O)CC1O. The first-order valence-corrected chi connectivity index (χ1v) is 21.2. The molecule has 13 heteroatoms. The van der Waals surface area contributed by atoms with Gasteiger partial charge in [0, 0.05) is 52.0 Å². The van der Waals surface area contributed by atoms with Gasteiger partial charge in [-0.05, 0) is 95.5 Å². The van der Waals surface area contributed by atoms with E-state index in [0.29, 0.717) is 56.9 Å². The molecule has 16 unspecified atom stereocenters. The van der Waals surface area contributed by atoms with Crippen LogP contribution < -0.4 is 0 Å². The fourth-order valence-corrected chi connectivity index (χ4v) is 9.74. The predicted molar refractivity (Wildman–Crippen MR) is 215 cm³/mol. The lowest BCUT2D eigenvalue weighted by atomic mass is 9.81. The lowest BCUT2D eigenvalue weighted by Gasteiger charge is -2.49. The highest BCUT2D eigenvalue weighted by atomic mass is 16.7. The molecule has 0 spiro atoms. The van der Waals surface area contributed by atoms with Crippen LogP contribution in [0.4, 0.5) is 0 Å². The highest BCUT2D eigenvalue weighted by Crippen LogP contribution is 2.40. The number of carbonyl (C=O) groups excluding carboxylic acids is 2. The summed E-state index contributed by atoms with van der Waals surface area (Å²) in [6, 6.07) is -1.06. The van der Waals surface area contributed by atoms with E-state index in [4.69, 9.17) is 23.7 Å². The van der Waals surface area contributed by atoms with Crippen molar-refractivity contribution in [3.8, 4) is 0 Å². The number of nitrogens with zero attached hydrogens (tertiary/aromatic N) is 1. The molecule has 3 fully saturated rings. The van der Waals surface area contributed by atoms with Crippen LogP contribution in [0.25, 0.3) is 0 Å². The number of cyclic esters (lactones) is 1. The smallest absolute Gasteiger partial charge is 0.329 e. The molecule has 4 aliphatic rings. The first kappa shape index (κ1) is 47.5. The van der Waals surface area contributed by atoms with Crippen molar-refractivity contribution in [2.24, 2.45) is 29.6 Å². The van der Waals surface area contributed by atoms with Gasteiger partial charge in [-0.3, -0.25) is 4.79 Å². The molecule has 3 heterocycles. The fourth-order valence-electron chi connectivity index (χ4n) is 9.74. The van der Waals surface area contributed by atoms with Crippen molar-refractivity contribution in [1.82, 2.24) is 4.90 Å². The Hall–Kier alpha value is -2.20. The standard InChI is InChI=1S/C44H73NO12/c1-10-13-31-19-25(2)18-26(3)20-37(54-8)40-38(55-9)22-28(5)44(52,57-40)41(49)42(50)45-17-12-11-14-32(45)43(51)56-39(29(6)34(47)24-35(31)48)27(4)21-30-15-16-33(46)36(23-30)53-7/h10,19,21,26,28-41,46-49,52H,1,11-18,20,22-24H2,2-9H3. The minimum Gasteiger partial charge on any atom is -0.456 e. The van der Waals surface area contributed by atoms with Gasteiger partial charge in [-0.25, -0.2) is 4.79 Å². The molecule has 5 N–H and O–H groups in total. The van der Waals surface area contributed by atoms with Gasteiger partial charge in [-0.15, -0.1) is 6.58 Å². The minimum atomic E-state index is -2.31. The number of rotatable bonds is 7. The molecule has 0 aromatic heterocycles. The molecule has 326 valence electrons. The number of allylic oxidation sites excluding steroid dienone is 3. The number of carbonyl (C=O) groups is 2. The maximum atomic E-state index is 14.4. The molecule has 2 bridgehead atoms. The van der Waals surface area contributed by atoms with Gasteiger partial charge in [0.25, 0.3) is 5.91 Å². The normalized spacial score (nSPS) is 42.6. The van der Waals surface area contributed by atoms with Crippen molar-refractivity contribution in [1.29, 1.82) is 0 Å². The van der Waals surface area contributed by atoms with E-state index in [1.165, 1.54) is 4.90 Å². The first-order valence-electron chi connectivity index (χ1n) is 21.2. The molecular formula is C44H73NO12. The Morgan fingerprint density at radius 1 is 0.912 bits per heavy atom. The van der Waals surface area contributed by atoms with Gasteiger partial charge in [0.2, 0.25) is 5.79 Å². The second kappa shape index (κ2) is 21.4. The van der Waals surface area contributed by atoms with E-state index < -0.39 is 84.4 Å². The number of piperidine rings is 1. The summed E-state index contributed by atoms with van der Waals surface area (Å²) in [5, 5.41) is 57.7. The van der Waals surface area contributed by atoms with Crippen LogP contribution in [0.5, 0.6) is 0 Å². The highest BCUT2D eigenvalue weighted by Gasteiger charge is 2.56. The van der Waals surface area contributed by atoms with E-state index in [2.05, 4.69) is 13.5 Å². The molecular weight excluding hydrogens is 734 g/mol. The zero-order valence-corrected chi connectivity index (χ0v) is 35.6. The van der Waals surface area contributed by atoms with Crippen molar-refractivity contribution in [3.63, 3.8) is 0 Å². The molecule has 57 heavy (non-hydrogen) atoms. The molecule has 3 aliphatic heterocycles. The Kier molecular flexibility index (Phi) is 17.8. The van der Waals surface area contributed by atoms with Crippen LogP contribution in [0.1, 0.15) is 105 Å². The Morgan fingerprint density at radius 3 is 2.23 bits per heavy atom. The van der Waals surface area contributed by atoms with Crippen molar-refractivity contribution < 1.29 is 58.8 Å². The third kappa shape index (κ3) is 11.5.